The molecule has 7 atom stereocenters. The van der Waals surface area contributed by atoms with Crippen molar-refractivity contribution >= 4 is 10.1 Å². The van der Waals surface area contributed by atoms with Gasteiger partial charge in [-0.3, -0.25) is 4.18 Å². The predicted octanol–water partition coefficient (Wildman–Crippen LogP) is 6.50. The van der Waals surface area contributed by atoms with E-state index < -0.39 is 10.1 Å². The van der Waals surface area contributed by atoms with Gasteiger partial charge in [0.05, 0.1) is 11.0 Å². The highest BCUT2D eigenvalue weighted by Gasteiger charge is 2.58. The molecule has 0 aliphatic heterocycles. The maximum absolute atomic E-state index is 12.8. The summed E-state index contributed by atoms with van der Waals surface area (Å²) in [5.41, 5.74) is 2.04. The van der Waals surface area contributed by atoms with Gasteiger partial charge < -0.3 is 0 Å². The van der Waals surface area contributed by atoms with E-state index in [0.29, 0.717) is 16.7 Å². The van der Waals surface area contributed by atoms with Crippen LogP contribution in [0.15, 0.2) is 29.2 Å². The number of aryl methyl sites for hydroxylation is 1. The first-order chi connectivity index (χ1) is 14.2. The van der Waals surface area contributed by atoms with Crippen LogP contribution in [0.4, 0.5) is 0 Å². The van der Waals surface area contributed by atoms with Crippen LogP contribution < -0.4 is 0 Å². The van der Waals surface area contributed by atoms with Gasteiger partial charge in [-0.25, -0.2) is 0 Å². The fourth-order valence-electron chi connectivity index (χ4n) is 8.24. The smallest absolute Gasteiger partial charge is 0.263 e. The average Bonchev–Trinajstić information content (AvgIpc) is 3.10. The molecule has 0 unspecified atom stereocenters. The molecule has 0 saturated heterocycles. The molecule has 4 fully saturated rings. The maximum atomic E-state index is 12.8. The number of hydrogen-bond donors (Lipinski definition) is 0. The second-order valence-corrected chi connectivity index (χ2v) is 13.1. The minimum absolute atomic E-state index is 0.161. The summed E-state index contributed by atoms with van der Waals surface area (Å²) in [5.74, 6) is 3.28. The molecular formula is C26H38O3S. The van der Waals surface area contributed by atoms with Gasteiger partial charge in [0.2, 0.25) is 0 Å². The van der Waals surface area contributed by atoms with Crippen LogP contribution in [0.3, 0.4) is 0 Å². The molecule has 0 aromatic heterocycles. The summed E-state index contributed by atoms with van der Waals surface area (Å²) in [7, 11) is -3.68. The maximum Gasteiger partial charge on any atom is 0.297 e. The van der Waals surface area contributed by atoms with E-state index in [1.165, 1.54) is 44.9 Å². The zero-order chi connectivity index (χ0) is 21.1. The summed E-state index contributed by atoms with van der Waals surface area (Å²) in [6.45, 7) is 7.07. The first kappa shape index (κ1) is 21.0. The fraction of sp³-hybridized carbons (Fsp3) is 0.769. The third kappa shape index (κ3) is 3.37. The van der Waals surface area contributed by atoms with E-state index in [9.17, 15) is 8.42 Å². The van der Waals surface area contributed by atoms with Gasteiger partial charge in [0.25, 0.3) is 10.1 Å². The third-order valence-corrected chi connectivity index (χ3v) is 11.3. The van der Waals surface area contributed by atoms with Crippen LogP contribution >= 0.6 is 0 Å². The summed E-state index contributed by atoms with van der Waals surface area (Å²) >= 11 is 0. The van der Waals surface area contributed by atoms with Crippen molar-refractivity contribution in [2.45, 2.75) is 96.0 Å². The molecule has 5 rings (SSSR count). The Labute approximate surface area is 183 Å². The van der Waals surface area contributed by atoms with Crippen LogP contribution in [0.2, 0.25) is 0 Å². The van der Waals surface area contributed by atoms with Gasteiger partial charge in [-0.05, 0) is 111 Å². The lowest BCUT2D eigenvalue weighted by atomic mass is 9.45. The van der Waals surface area contributed by atoms with Gasteiger partial charge in [-0.15, -0.1) is 0 Å². The molecule has 4 heteroatoms. The van der Waals surface area contributed by atoms with E-state index in [1.54, 1.807) is 12.1 Å². The number of hydrogen-bond acceptors (Lipinski definition) is 3. The molecule has 3 nitrogen and oxygen atoms in total. The number of benzene rings is 1. The summed E-state index contributed by atoms with van der Waals surface area (Å²) in [4.78, 5) is 0.290. The summed E-state index contributed by atoms with van der Waals surface area (Å²) in [5, 5.41) is 0. The lowest BCUT2D eigenvalue weighted by Crippen LogP contribution is -2.53. The van der Waals surface area contributed by atoms with Crippen molar-refractivity contribution in [2.24, 2.45) is 34.5 Å². The molecule has 166 valence electrons. The van der Waals surface area contributed by atoms with Crippen LogP contribution in [-0.2, 0) is 14.3 Å². The van der Waals surface area contributed by atoms with Crippen molar-refractivity contribution in [1.82, 2.24) is 0 Å². The molecule has 0 spiro atoms. The second-order valence-electron chi connectivity index (χ2n) is 11.5. The Morgan fingerprint density at radius 1 is 0.900 bits per heavy atom. The van der Waals surface area contributed by atoms with Crippen molar-refractivity contribution in [1.29, 1.82) is 0 Å². The molecule has 4 saturated carbocycles. The van der Waals surface area contributed by atoms with Gasteiger partial charge in [-0.2, -0.15) is 8.42 Å². The Hall–Kier alpha value is -0.870. The lowest BCUT2D eigenvalue weighted by molar-refractivity contribution is -0.117. The molecule has 0 bridgehead atoms. The molecule has 0 heterocycles. The van der Waals surface area contributed by atoms with Crippen molar-refractivity contribution in [3.05, 3.63) is 29.8 Å². The van der Waals surface area contributed by atoms with E-state index in [4.69, 9.17) is 4.18 Å². The van der Waals surface area contributed by atoms with E-state index in [1.807, 2.05) is 19.1 Å². The highest BCUT2D eigenvalue weighted by Crippen LogP contribution is 2.66. The van der Waals surface area contributed by atoms with Gasteiger partial charge in [0, 0.05) is 0 Å². The van der Waals surface area contributed by atoms with Gasteiger partial charge in [0.15, 0.2) is 0 Å². The summed E-state index contributed by atoms with van der Waals surface area (Å²) in [6, 6.07) is 7.03. The van der Waals surface area contributed by atoms with Crippen molar-refractivity contribution in [2.75, 3.05) is 0 Å². The Balaban J connectivity index is 1.30. The average molecular weight is 431 g/mol. The zero-order valence-corrected chi connectivity index (χ0v) is 19.7. The van der Waals surface area contributed by atoms with E-state index in [0.717, 1.165) is 42.6 Å². The first-order valence-corrected chi connectivity index (χ1v) is 13.6. The van der Waals surface area contributed by atoms with E-state index in [2.05, 4.69) is 13.8 Å². The summed E-state index contributed by atoms with van der Waals surface area (Å²) in [6.07, 6.45) is 12.5. The van der Waals surface area contributed by atoms with Crippen LogP contribution in [0.1, 0.15) is 83.6 Å². The normalized spacial score (nSPS) is 43.5. The standard InChI is InChI=1S/C26H38O3S/c1-18-6-9-21(10-7-18)30(27,28)29-20-12-16-26(3)19(17-20)8-11-22-23-5-4-14-25(23,2)15-13-24(22)26/h6-7,9-10,19-20,22-24H,4-5,8,11-17H2,1-3H3/t19-,20+,22+,23+,24+,25+,26-/m0/s1. The zero-order valence-electron chi connectivity index (χ0n) is 18.9. The topological polar surface area (TPSA) is 43.4 Å². The number of fused-ring (bicyclic) bond motifs is 5. The third-order valence-electron chi connectivity index (χ3n) is 9.97. The molecule has 4 aliphatic rings. The summed E-state index contributed by atoms with van der Waals surface area (Å²) < 4.78 is 31.4. The fourth-order valence-corrected chi connectivity index (χ4v) is 9.35. The van der Waals surface area contributed by atoms with Crippen LogP contribution in [-0.4, -0.2) is 14.5 Å². The Morgan fingerprint density at radius 3 is 2.43 bits per heavy atom. The molecule has 1 aromatic rings. The SMILES string of the molecule is Cc1ccc(S(=O)(=O)O[C@@H]2CC[C@@]3(C)[C@@H](CC[C@@H]4[C@H]5CCC[C@]5(C)CC[C@H]43)C2)cc1. The van der Waals surface area contributed by atoms with Crippen LogP contribution in [0.25, 0.3) is 0 Å². The quantitative estimate of drug-likeness (QED) is 0.514. The molecule has 1 aromatic carbocycles. The van der Waals surface area contributed by atoms with Crippen LogP contribution in [0.5, 0.6) is 0 Å². The van der Waals surface area contributed by atoms with E-state index in [-0.39, 0.29) is 11.0 Å². The van der Waals surface area contributed by atoms with Crippen LogP contribution in [0, 0.1) is 41.4 Å². The Morgan fingerprint density at radius 2 is 1.67 bits per heavy atom. The highest BCUT2D eigenvalue weighted by atomic mass is 32.2. The molecule has 0 N–H and O–H groups in total. The number of rotatable bonds is 3. The highest BCUT2D eigenvalue weighted by molar-refractivity contribution is 7.86. The minimum atomic E-state index is -3.68. The monoisotopic (exact) mass is 430 g/mol. The van der Waals surface area contributed by atoms with Crippen molar-refractivity contribution in [3.63, 3.8) is 0 Å². The molecule has 30 heavy (non-hydrogen) atoms. The Bertz CT molecular complexity index is 891. The van der Waals surface area contributed by atoms with Gasteiger partial charge >= 0.3 is 0 Å². The molecule has 0 amide bonds. The van der Waals surface area contributed by atoms with Crippen molar-refractivity contribution < 1.29 is 12.6 Å². The van der Waals surface area contributed by atoms with Gasteiger partial charge in [0.1, 0.15) is 0 Å². The first-order valence-electron chi connectivity index (χ1n) is 12.2. The van der Waals surface area contributed by atoms with Crippen molar-refractivity contribution in [3.8, 4) is 0 Å². The molecule has 0 radical (unpaired) electrons. The predicted molar refractivity (Wildman–Crippen MR) is 120 cm³/mol. The second kappa shape index (κ2) is 7.33. The minimum Gasteiger partial charge on any atom is -0.263 e. The molecule has 4 aliphatic carbocycles. The lowest BCUT2D eigenvalue weighted by Gasteiger charge is -2.60. The molecular weight excluding hydrogens is 392 g/mol. The van der Waals surface area contributed by atoms with E-state index >= 15 is 0 Å². The largest absolute Gasteiger partial charge is 0.297 e. The van der Waals surface area contributed by atoms with Gasteiger partial charge in [-0.1, -0.05) is 38.0 Å². The Kier molecular flexibility index (Phi) is 5.13.